The quantitative estimate of drug-likeness (QED) is 0.610. The number of ketones is 1. The van der Waals surface area contributed by atoms with Crippen molar-refractivity contribution in [1.29, 1.82) is 0 Å². The van der Waals surface area contributed by atoms with E-state index in [0.29, 0.717) is 16.8 Å². The zero-order valence-electron chi connectivity index (χ0n) is 14.3. The summed E-state index contributed by atoms with van der Waals surface area (Å²) in [5.74, 6) is -0.924. The molecule has 1 aliphatic rings. The van der Waals surface area contributed by atoms with E-state index < -0.39 is 5.97 Å². The van der Waals surface area contributed by atoms with Gasteiger partial charge in [0.1, 0.15) is 0 Å². The van der Waals surface area contributed by atoms with Crippen molar-refractivity contribution < 1.29 is 19.1 Å². The van der Waals surface area contributed by atoms with Crippen molar-refractivity contribution in [3.8, 4) is 0 Å². The number of benzene rings is 2. The Kier molecular flexibility index (Phi) is 5.18. The number of Topliss-reactive ketones (excluding diaryl/α,β-unsaturated/α-hetero) is 1. The van der Waals surface area contributed by atoms with Gasteiger partial charge in [-0.15, -0.1) is 0 Å². The van der Waals surface area contributed by atoms with Crippen LogP contribution in [-0.2, 0) is 9.53 Å². The number of hydrogen-bond donors (Lipinski definition) is 0. The zero-order valence-corrected chi connectivity index (χ0v) is 15.1. The van der Waals surface area contributed by atoms with Gasteiger partial charge in [-0.25, -0.2) is 4.79 Å². The molecule has 3 rings (SSSR count). The van der Waals surface area contributed by atoms with Gasteiger partial charge < -0.3 is 4.74 Å². The summed E-state index contributed by atoms with van der Waals surface area (Å²) in [6.45, 7) is 1.72. The molecule has 1 amide bonds. The first-order valence-corrected chi connectivity index (χ1v) is 8.78. The number of amides is 1. The molecule has 0 saturated carbocycles. The van der Waals surface area contributed by atoms with Crippen LogP contribution in [0.15, 0.2) is 58.5 Å². The third-order valence-electron chi connectivity index (χ3n) is 3.80. The van der Waals surface area contributed by atoms with Crippen molar-refractivity contribution in [3.05, 3.63) is 59.7 Å². The second kappa shape index (κ2) is 7.53. The maximum Gasteiger partial charge on any atom is 0.337 e. The molecule has 2 aromatic rings. The van der Waals surface area contributed by atoms with Crippen molar-refractivity contribution in [2.75, 3.05) is 12.1 Å². The average Bonchev–Trinajstić information content (AvgIpc) is 3.01. The van der Waals surface area contributed by atoms with Gasteiger partial charge in [-0.05, 0) is 36.4 Å². The number of esters is 1. The molecule has 7 heteroatoms. The second-order valence-electron chi connectivity index (χ2n) is 5.43. The molecule has 6 nitrogen and oxygen atoms in total. The summed E-state index contributed by atoms with van der Waals surface area (Å²) in [4.78, 5) is 37.2. The number of thioether (sulfide) groups is 1. The van der Waals surface area contributed by atoms with Crippen LogP contribution in [0, 0.1) is 0 Å². The van der Waals surface area contributed by atoms with Crippen LogP contribution in [0.2, 0.25) is 0 Å². The Hall–Kier alpha value is -2.93. The normalized spacial score (nSPS) is 14.2. The van der Waals surface area contributed by atoms with E-state index in [0.717, 1.165) is 4.90 Å². The molecule has 0 bridgehead atoms. The fourth-order valence-corrected chi connectivity index (χ4v) is 3.38. The van der Waals surface area contributed by atoms with E-state index in [4.69, 9.17) is 0 Å². The number of carbonyl (C=O) groups is 3. The monoisotopic (exact) mass is 368 g/mol. The lowest BCUT2D eigenvalue weighted by Crippen LogP contribution is -2.26. The van der Waals surface area contributed by atoms with Crippen LogP contribution < -0.4 is 5.01 Å². The van der Waals surface area contributed by atoms with E-state index in [1.54, 1.807) is 43.3 Å². The lowest BCUT2D eigenvalue weighted by atomic mass is 10.1. The Morgan fingerprint density at radius 2 is 1.81 bits per heavy atom. The molecule has 26 heavy (non-hydrogen) atoms. The van der Waals surface area contributed by atoms with E-state index in [1.165, 1.54) is 23.9 Å². The largest absolute Gasteiger partial charge is 0.465 e. The summed E-state index contributed by atoms with van der Waals surface area (Å²) >= 11 is 1.24. The van der Waals surface area contributed by atoms with Gasteiger partial charge in [-0.2, -0.15) is 10.1 Å². The Balaban J connectivity index is 1.94. The predicted molar refractivity (Wildman–Crippen MR) is 99.6 cm³/mol. The van der Waals surface area contributed by atoms with Crippen LogP contribution in [0.1, 0.15) is 34.1 Å². The van der Waals surface area contributed by atoms with Crippen LogP contribution in [-0.4, -0.2) is 29.8 Å². The highest BCUT2D eigenvalue weighted by Crippen LogP contribution is 2.34. The molecule has 0 saturated heterocycles. The van der Waals surface area contributed by atoms with Crippen LogP contribution in [0.5, 0.6) is 0 Å². The highest BCUT2D eigenvalue weighted by Gasteiger charge is 2.29. The maximum absolute atomic E-state index is 12.5. The standard InChI is InChI=1S/C19H16N2O4S/c1-3-16(22)21(13-10-8-12(9-11-13)19(24)25-2)20-18-17(23)14-6-4-5-7-15(14)26-18/h4-11H,3H2,1-2H3/b20-18-. The Morgan fingerprint density at radius 3 is 2.42 bits per heavy atom. The smallest absolute Gasteiger partial charge is 0.337 e. The minimum atomic E-state index is -0.465. The molecule has 0 radical (unpaired) electrons. The van der Waals surface area contributed by atoms with Crippen LogP contribution in [0.3, 0.4) is 0 Å². The van der Waals surface area contributed by atoms with Gasteiger partial charge in [0.05, 0.1) is 18.4 Å². The minimum Gasteiger partial charge on any atom is -0.465 e. The van der Waals surface area contributed by atoms with E-state index in [1.807, 2.05) is 12.1 Å². The molecule has 0 spiro atoms. The molecular formula is C19H16N2O4S. The van der Waals surface area contributed by atoms with Crippen LogP contribution in [0.4, 0.5) is 5.69 Å². The number of anilines is 1. The van der Waals surface area contributed by atoms with Gasteiger partial charge in [0.25, 0.3) is 0 Å². The number of ether oxygens (including phenoxy) is 1. The molecule has 132 valence electrons. The summed E-state index contributed by atoms with van der Waals surface area (Å²) in [5, 5.41) is 5.75. The first kappa shape index (κ1) is 17.9. The topological polar surface area (TPSA) is 76.0 Å². The van der Waals surface area contributed by atoms with Crippen molar-refractivity contribution >= 4 is 40.2 Å². The molecule has 1 aliphatic heterocycles. The molecule has 0 aromatic heterocycles. The number of hydrogen-bond acceptors (Lipinski definition) is 6. The predicted octanol–water partition coefficient (Wildman–Crippen LogP) is 3.52. The van der Waals surface area contributed by atoms with Crippen molar-refractivity contribution in [2.24, 2.45) is 5.10 Å². The van der Waals surface area contributed by atoms with Crippen LogP contribution >= 0.6 is 11.8 Å². The number of methoxy groups -OCH3 is 1. The fraction of sp³-hybridized carbons (Fsp3) is 0.158. The first-order valence-electron chi connectivity index (χ1n) is 7.96. The number of carbonyl (C=O) groups excluding carboxylic acids is 3. The third kappa shape index (κ3) is 3.39. The lowest BCUT2D eigenvalue weighted by Gasteiger charge is -2.17. The molecule has 0 unspecified atom stereocenters. The van der Waals surface area contributed by atoms with Crippen molar-refractivity contribution in [2.45, 2.75) is 18.2 Å². The van der Waals surface area contributed by atoms with Crippen molar-refractivity contribution in [1.82, 2.24) is 0 Å². The van der Waals surface area contributed by atoms with Gasteiger partial charge in [-0.3, -0.25) is 9.59 Å². The number of nitrogens with zero attached hydrogens (tertiary/aromatic N) is 2. The Bertz CT molecular complexity index is 906. The summed E-state index contributed by atoms with van der Waals surface area (Å²) in [6.07, 6.45) is 0.224. The molecule has 2 aromatic carbocycles. The minimum absolute atomic E-state index is 0.203. The van der Waals surface area contributed by atoms with Crippen LogP contribution in [0.25, 0.3) is 0 Å². The van der Waals surface area contributed by atoms with E-state index in [2.05, 4.69) is 9.84 Å². The van der Waals surface area contributed by atoms with E-state index in [9.17, 15) is 14.4 Å². The van der Waals surface area contributed by atoms with Gasteiger partial charge in [0.2, 0.25) is 11.7 Å². The Labute approximate surface area is 154 Å². The van der Waals surface area contributed by atoms with E-state index >= 15 is 0 Å². The molecular weight excluding hydrogens is 352 g/mol. The molecule has 0 aliphatic carbocycles. The molecule has 0 N–H and O–H groups in total. The summed E-state index contributed by atoms with van der Waals surface area (Å²) in [5.41, 5.74) is 1.43. The van der Waals surface area contributed by atoms with Gasteiger partial charge in [0, 0.05) is 16.9 Å². The van der Waals surface area contributed by atoms with Gasteiger partial charge >= 0.3 is 5.97 Å². The third-order valence-corrected chi connectivity index (χ3v) is 4.83. The van der Waals surface area contributed by atoms with Gasteiger partial charge in [-0.1, -0.05) is 30.8 Å². The molecule has 1 heterocycles. The number of fused-ring (bicyclic) bond motifs is 1. The average molecular weight is 368 g/mol. The van der Waals surface area contributed by atoms with Gasteiger partial charge in [0.15, 0.2) is 5.04 Å². The SMILES string of the molecule is CCC(=O)N(/N=C1\Sc2ccccc2C1=O)c1ccc(C(=O)OC)cc1. The molecule has 0 fully saturated rings. The van der Waals surface area contributed by atoms with Crippen molar-refractivity contribution in [3.63, 3.8) is 0 Å². The number of rotatable bonds is 4. The Morgan fingerprint density at radius 1 is 1.12 bits per heavy atom. The fourth-order valence-electron chi connectivity index (χ4n) is 2.43. The maximum atomic E-state index is 12.5. The highest BCUT2D eigenvalue weighted by atomic mass is 32.2. The summed E-state index contributed by atoms with van der Waals surface area (Å²) < 4.78 is 4.67. The summed E-state index contributed by atoms with van der Waals surface area (Å²) in [7, 11) is 1.30. The second-order valence-corrected chi connectivity index (χ2v) is 6.46. The first-order chi connectivity index (χ1) is 12.5. The number of hydrazone groups is 1. The molecule has 0 atom stereocenters. The lowest BCUT2D eigenvalue weighted by molar-refractivity contribution is -0.118. The van der Waals surface area contributed by atoms with E-state index in [-0.39, 0.29) is 23.2 Å². The highest BCUT2D eigenvalue weighted by molar-refractivity contribution is 8.16. The summed E-state index contributed by atoms with van der Waals surface area (Å²) in [6, 6.07) is 13.5. The zero-order chi connectivity index (χ0) is 18.7.